The lowest BCUT2D eigenvalue weighted by Crippen LogP contribution is -2.08. The first-order valence-electron chi connectivity index (χ1n) is 4.20. The second-order valence-electron chi connectivity index (χ2n) is 2.47. The fourth-order valence-electron chi connectivity index (χ4n) is 0.764. The summed E-state index contributed by atoms with van der Waals surface area (Å²) in [6.07, 6.45) is 4.69. The third-order valence-corrected chi connectivity index (χ3v) is 2.02. The molecule has 0 aromatic heterocycles. The van der Waals surface area contributed by atoms with Crippen LogP contribution in [0.2, 0.25) is 0 Å². The van der Waals surface area contributed by atoms with Crippen molar-refractivity contribution in [1.82, 2.24) is 0 Å². The largest absolute Gasteiger partial charge is 0.498 e. The Bertz CT molecular complexity index is 168. The zero-order chi connectivity index (χ0) is 10.1. The van der Waals surface area contributed by atoms with E-state index in [4.69, 9.17) is 4.74 Å². The summed E-state index contributed by atoms with van der Waals surface area (Å²) in [4.78, 5) is 10.6. The molecule has 0 aliphatic rings. The van der Waals surface area contributed by atoms with Gasteiger partial charge in [-0.3, -0.25) is 0 Å². The third kappa shape index (κ3) is 6.63. The Balaban J connectivity index is 3.70. The quantitative estimate of drug-likeness (QED) is 0.314. The maximum absolute atomic E-state index is 10.6. The summed E-state index contributed by atoms with van der Waals surface area (Å²) in [5, 5.41) is 0.900. The van der Waals surface area contributed by atoms with E-state index in [1.165, 1.54) is 19.4 Å². The van der Waals surface area contributed by atoms with Crippen LogP contribution in [0.25, 0.3) is 0 Å². The Morgan fingerprint density at radius 3 is 2.77 bits per heavy atom. The SMILES string of the molecule is CCC(CCBr)O/C=C/C(=O)OC. The highest BCUT2D eigenvalue weighted by molar-refractivity contribution is 9.09. The van der Waals surface area contributed by atoms with Gasteiger partial charge in [-0.1, -0.05) is 22.9 Å². The number of alkyl halides is 1. The zero-order valence-electron chi connectivity index (χ0n) is 7.96. The molecule has 0 heterocycles. The van der Waals surface area contributed by atoms with E-state index in [9.17, 15) is 4.79 Å². The van der Waals surface area contributed by atoms with E-state index in [0.29, 0.717) is 0 Å². The van der Waals surface area contributed by atoms with Gasteiger partial charge >= 0.3 is 5.97 Å². The van der Waals surface area contributed by atoms with Gasteiger partial charge in [0.25, 0.3) is 0 Å². The van der Waals surface area contributed by atoms with Gasteiger partial charge in [0.05, 0.1) is 25.6 Å². The van der Waals surface area contributed by atoms with Crippen LogP contribution in [0.5, 0.6) is 0 Å². The molecule has 0 amide bonds. The van der Waals surface area contributed by atoms with Gasteiger partial charge < -0.3 is 9.47 Å². The van der Waals surface area contributed by atoms with E-state index in [0.717, 1.165) is 18.2 Å². The second-order valence-corrected chi connectivity index (χ2v) is 3.26. The molecule has 0 aliphatic carbocycles. The number of halogens is 1. The monoisotopic (exact) mass is 250 g/mol. The Labute approximate surface area is 87.2 Å². The summed E-state index contributed by atoms with van der Waals surface area (Å²) in [7, 11) is 1.34. The lowest BCUT2D eigenvalue weighted by atomic mass is 10.2. The molecule has 0 spiro atoms. The first-order chi connectivity index (χ1) is 6.24. The molecule has 0 saturated heterocycles. The first kappa shape index (κ1) is 12.5. The predicted molar refractivity (Wildman–Crippen MR) is 54.7 cm³/mol. The van der Waals surface area contributed by atoms with Crippen molar-refractivity contribution in [1.29, 1.82) is 0 Å². The van der Waals surface area contributed by atoms with Crippen LogP contribution in [0.3, 0.4) is 0 Å². The Morgan fingerprint density at radius 2 is 2.31 bits per heavy atom. The minimum atomic E-state index is -0.395. The van der Waals surface area contributed by atoms with Gasteiger partial charge in [-0.2, -0.15) is 0 Å². The van der Waals surface area contributed by atoms with Crippen molar-refractivity contribution in [3.63, 3.8) is 0 Å². The molecule has 1 atom stereocenters. The molecule has 0 rings (SSSR count). The molecule has 76 valence electrons. The molecule has 4 heteroatoms. The molecular weight excluding hydrogens is 236 g/mol. The molecule has 0 N–H and O–H groups in total. The van der Waals surface area contributed by atoms with Crippen molar-refractivity contribution in [2.75, 3.05) is 12.4 Å². The molecular formula is C9H15BrO3. The molecule has 1 unspecified atom stereocenters. The minimum absolute atomic E-state index is 0.167. The van der Waals surface area contributed by atoms with E-state index >= 15 is 0 Å². The first-order valence-corrected chi connectivity index (χ1v) is 5.32. The number of rotatable bonds is 6. The molecule has 0 aliphatic heterocycles. The van der Waals surface area contributed by atoms with Crippen LogP contribution in [0.4, 0.5) is 0 Å². The van der Waals surface area contributed by atoms with Crippen LogP contribution < -0.4 is 0 Å². The summed E-state index contributed by atoms with van der Waals surface area (Å²) in [6.45, 7) is 2.04. The van der Waals surface area contributed by atoms with Gasteiger partial charge in [-0.15, -0.1) is 0 Å². The average molecular weight is 251 g/mol. The molecule has 13 heavy (non-hydrogen) atoms. The van der Waals surface area contributed by atoms with Gasteiger partial charge in [0.2, 0.25) is 0 Å². The van der Waals surface area contributed by atoms with Gasteiger partial charge in [-0.05, 0) is 12.8 Å². The zero-order valence-corrected chi connectivity index (χ0v) is 9.54. The highest BCUT2D eigenvalue weighted by Crippen LogP contribution is 2.05. The van der Waals surface area contributed by atoms with Crippen LogP contribution in [-0.2, 0) is 14.3 Å². The fourth-order valence-corrected chi connectivity index (χ4v) is 1.27. The minimum Gasteiger partial charge on any atom is -0.498 e. The normalized spacial score (nSPS) is 12.8. The number of methoxy groups -OCH3 is 1. The predicted octanol–water partition coefficient (Wildman–Crippen LogP) is 2.25. The van der Waals surface area contributed by atoms with Crippen molar-refractivity contribution in [3.8, 4) is 0 Å². The number of carbonyl (C=O) groups is 1. The second kappa shape index (κ2) is 8.10. The summed E-state index contributed by atoms with van der Waals surface area (Å²) in [5.41, 5.74) is 0. The Kier molecular flexibility index (Phi) is 7.79. The third-order valence-electron chi connectivity index (χ3n) is 1.56. The van der Waals surface area contributed by atoms with Crippen LogP contribution >= 0.6 is 15.9 Å². The fraction of sp³-hybridized carbons (Fsp3) is 0.667. The van der Waals surface area contributed by atoms with Crippen LogP contribution in [0.15, 0.2) is 12.3 Å². The number of carbonyl (C=O) groups excluding carboxylic acids is 1. The van der Waals surface area contributed by atoms with Crippen LogP contribution in [0, 0.1) is 0 Å². The maximum atomic E-state index is 10.6. The van der Waals surface area contributed by atoms with Gasteiger partial charge in [0.15, 0.2) is 0 Å². The van der Waals surface area contributed by atoms with E-state index in [1.54, 1.807) is 0 Å². The van der Waals surface area contributed by atoms with E-state index in [1.807, 2.05) is 6.92 Å². The van der Waals surface area contributed by atoms with E-state index in [2.05, 4.69) is 20.7 Å². The summed E-state index contributed by atoms with van der Waals surface area (Å²) < 4.78 is 9.70. The Morgan fingerprint density at radius 1 is 1.62 bits per heavy atom. The molecule has 0 radical (unpaired) electrons. The number of ether oxygens (including phenoxy) is 2. The summed E-state index contributed by atoms with van der Waals surface area (Å²) in [6, 6.07) is 0. The lowest BCUT2D eigenvalue weighted by Gasteiger charge is -2.12. The molecule has 0 aromatic carbocycles. The lowest BCUT2D eigenvalue weighted by molar-refractivity contribution is -0.135. The van der Waals surface area contributed by atoms with Crippen molar-refractivity contribution < 1.29 is 14.3 Å². The van der Waals surface area contributed by atoms with Gasteiger partial charge in [0.1, 0.15) is 0 Å². The van der Waals surface area contributed by atoms with Gasteiger partial charge in [0, 0.05) is 5.33 Å². The standard InChI is InChI=1S/C9H15BrO3/c1-3-8(4-6-10)13-7-5-9(11)12-2/h5,7-8H,3-4,6H2,1-2H3/b7-5+. The van der Waals surface area contributed by atoms with E-state index < -0.39 is 5.97 Å². The number of hydrogen-bond acceptors (Lipinski definition) is 3. The topological polar surface area (TPSA) is 35.5 Å². The highest BCUT2D eigenvalue weighted by atomic mass is 79.9. The van der Waals surface area contributed by atoms with E-state index in [-0.39, 0.29) is 6.10 Å². The van der Waals surface area contributed by atoms with Crippen LogP contribution in [-0.4, -0.2) is 24.5 Å². The molecule has 0 saturated carbocycles. The van der Waals surface area contributed by atoms with Crippen molar-refractivity contribution in [2.24, 2.45) is 0 Å². The molecule has 3 nitrogen and oxygen atoms in total. The molecule has 0 bridgehead atoms. The average Bonchev–Trinajstić information content (AvgIpc) is 2.16. The van der Waals surface area contributed by atoms with Crippen molar-refractivity contribution in [2.45, 2.75) is 25.9 Å². The van der Waals surface area contributed by atoms with Gasteiger partial charge in [-0.25, -0.2) is 4.79 Å². The summed E-state index contributed by atoms with van der Waals surface area (Å²) >= 11 is 3.33. The summed E-state index contributed by atoms with van der Waals surface area (Å²) in [5.74, 6) is -0.395. The smallest absolute Gasteiger partial charge is 0.333 e. The van der Waals surface area contributed by atoms with Crippen molar-refractivity contribution in [3.05, 3.63) is 12.3 Å². The molecule has 0 aromatic rings. The molecule has 0 fully saturated rings. The number of esters is 1. The highest BCUT2D eigenvalue weighted by Gasteiger charge is 2.03. The Hall–Kier alpha value is -0.510. The number of hydrogen-bond donors (Lipinski definition) is 0. The maximum Gasteiger partial charge on any atom is 0.333 e. The van der Waals surface area contributed by atoms with Crippen molar-refractivity contribution >= 4 is 21.9 Å². The van der Waals surface area contributed by atoms with Crippen LogP contribution in [0.1, 0.15) is 19.8 Å².